The lowest BCUT2D eigenvalue weighted by Crippen LogP contribution is -2.42. The van der Waals surface area contributed by atoms with Gasteiger partial charge >= 0.3 is 5.63 Å². The molecule has 3 rings (SSSR count). The number of ether oxygens (including phenoxy) is 3. The maximum atomic E-state index is 11.7. The van der Waals surface area contributed by atoms with Gasteiger partial charge in [-0.2, -0.15) is 0 Å². The van der Waals surface area contributed by atoms with E-state index in [1.54, 1.807) is 6.07 Å². The van der Waals surface area contributed by atoms with E-state index in [1.807, 2.05) is 13.0 Å². The molecule has 7 nitrogen and oxygen atoms in total. The van der Waals surface area contributed by atoms with Gasteiger partial charge in [-0.3, -0.25) is 4.90 Å². The van der Waals surface area contributed by atoms with Gasteiger partial charge in [0.15, 0.2) is 11.3 Å². The number of β-amino-alcohol motifs (C(OH)–C–C–N with tert-alkyl or cyclic N) is 1. The van der Waals surface area contributed by atoms with Crippen LogP contribution in [0, 0.1) is 6.92 Å². The first-order valence-corrected chi connectivity index (χ1v) is 8.31. The monoisotopic (exact) mass is 385 g/mol. The number of methoxy groups -OCH3 is 1. The Morgan fingerprint density at radius 2 is 2.04 bits per heavy atom. The molecule has 1 fully saturated rings. The zero-order valence-electron chi connectivity index (χ0n) is 14.9. The molecule has 0 aliphatic carbocycles. The summed E-state index contributed by atoms with van der Waals surface area (Å²) in [5.74, 6) is 0.793. The molecule has 1 aliphatic heterocycles. The van der Waals surface area contributed by atoms with Crippen molar-refractivity contribution in [3.63, 3.8) is 0 Å². The van der Waals surface area contributed by atoms with Crippen molar-refractivity contribution in [1.29, 1.82) is 0 Å². The molecule has 1 saturated heterocycles. The molecule has 1 aromatic heterocycles. The molecule has 1 aromatic carbocycles. The number of aryl methyl sites for hydroxylation is 1. The van der Waals surface area contributed by atoms with Crippen molar-refractivity contribution in [3.05, 3.63) is 34.2 Å². The Labute approximate surface area is 157 Å². The fraction of sp³-hybridized carbons (Fsp3) is 0.500. The van der Waals surface area contributed by atoms with Crippen LogP contribution in [0.4, 0.5) is 0 Å². The van der Waals surface area contributed by atoms with E-state index >= 15 is 0 Å². The van der Waals surface area contributed by atoms with Crippen molar-refractivity contribution in [2.45, 2.75) is 13.0 Å². The van der Waals surface area contributed by atoms with Gasteiger partial charge in [0, 0.05) is 31.1 Å². The quantitative estimate of drug-likeness (QED) is 0.756. The number of fused-ring (bicyclic) bond motifs is 1. The Morgan fingerprint density at radius 3 is 2.73 bits per heavy atom. The molecule has 1 aliphatic rings. The van der Waals surface area contributed by atoms with Crippen LogP contribution in [0.5, 0.6) is 11.5 Å². The van der Waals surface area contributed by atoms with Crippen LogP contribution >= 0.6 is 12.4 Å². The van der Waals surface area contributed by atoms with Crippen LogP contribution in [0.2, 0.25) is 0 Å². The highest BCUT2D eigenvalue weighted by Crippen LogP contribution is 2.36. The summed E-state index contributed by atoms with van der Waals surface area (Å²) in [6.07, 6.45) is -0.672. The second kappa shape index (κ2) is 9.23. The largest absolute Gasteiger partial charge is 0.493 e. The molecular formula is C18H24ClNO6. The van der Waals surface area contributed by atoms with Gasteiger partial charge in [-0.05, 0) is 24.6 Å². The zero-order chi connectivity index (χ0) is 17.8. The molecule has 0 bridgehead atoms. The third-order valence-corrected chi connectivity index (χ3v) is 4.25. The molecule has 144 valence electrons. The first-order chi connectivity index (χ1) is 12.1. The summed E-state index contributed by atoms with van der Waals surface area (Å²) in [5, 5.41) is 11.0. The van der Waals surface area contributed by atoms with Gasteiger partial charge in [-0.15, -0.1) is 12.4 Å². The molecule has 1 unspecified atom stereocenters. The summed E-state index contributed by atoms with van der Waals surface area (Å²) in [5.41, 5.74) is 0.688. The Hall–Kier alpha value is -1.80. The van der Waals surface area contributed by atoms with Crippen molar-refractivity contribution < 1.29 is 23.7 Å². The molecule has 1 atom stereocenters. The van der Waals surface area contributed by atoms with Crippen molar-refractivity contribution in [2.75, 3.05) is 46.6 Å². The van der Waals surface area contributed by atoms with E-state index in [0.29, 0.717) is 36.8 Å². The van der Waals surface area contributed by atoms with Crippen LogP contribution in [0.25, 0.3) is 11.0 Å². The second-order valence-electron chi connectivity index (χ2n) is 6.10. The minimum atomic E-state index is -0.672. The van der Waals surface area contributed by atoms with E-state index in [9.17, 15) is 9.90 Å². The van der Waals surface area contributed by atoms with E-state index in [4.69, 9.17) is 18.6 Å². The maximum absolute atomic E-state index is 11.7. The lowest BCUT2D eigenvalue weighted by molar-refractivity contribution is 0.00451. The molecule has 0 saturated carbocycles. The Bertz CT molecular complexity index is 787. The number of nitrogens with zero attached hydrogens (tertiary/aromatic N) is 1. The Kier molecular flexibility index (Phi) is 7.28. The summed E-state index contributed by atoms with van der Waals surface area (Å²) < 4.78 is 21.7. The van der Waals surface area contributed by atoms with Gasteiger partial charge in [0.05, 0.1) is 20.3 Å². The van der Waals surface area contributed by atoms with Crippen LogP contribution in [0.3, 0.4) is 0 Å². The standard InChI is InChI=1S/C18H23NO6.ClH/c1-12-9-16(21)25-17-14(12)3-4-15(22-2)18(17)24-11-13(20)10-19-5-7-23-8-6-19;/h3-4,9,13,20H,5-8,10-11H2,1-2H3;1H. The minimum absolute atomic E-state index is 0. The number of hydrogen-bond donors (Lipinski definition) is 1. The lowest BCUT2D eigenvalue weighted by atomic mass is 10.1. The van der Waals surface area contributed by atoms with Crippen LogP contribution in [-0.2, 0) is 4.74 Å². The third kappa shape index (κ3) is 4.67. The predicted octanol–water partition coefficient (Wildman–Crippen LogP) is 1.60. The molecule has 8 heteroatoms. The average molecular weight is 386 g/mol. The van der Waals surface area contributed by atoms with Crippen LogP contribution < -0.4 is 15.1 Å². The molecule has 2 aromatic rings. The first-order valence-electron chi connectivity index (χ1n) is 8.31. The number of morpholine rings is 1. The molecule has 0 radical (unpaired) electrons. The summed E-state index contributed by atoms with van der Waals surface area (Å²) in [6, 6.07) is 5.02. The smallest absolute Gasteiger partial charge is 0.336 e. The van der Waals surface area contributed by atoms with Gasteiger partial charge < -0.3 is 23.7 Å². The number of aliphatic hydroxyl groups excluding tert-OH is 1. The SMILES string of the molecule is COc1ccc2c(C)cc(=O)oc2c1OCC(O)CN1CCOCC1.Cl. The van der Waals surface area contributed by atoms with Gasteiger partial charge in [0.2, 0.25) is 5.75 Å². The Morgan fingerprint density at radius 1 is 1.31 bits per heavy atom. The van der Waals surface area contributed by atoms with E-state index in [1.165, 1.54) is 13.2 Å². The number of benzene rings is 1. The zero-order valence-corrected chi connectivity index (χ0v) is 15.7. The third-order valence-electron chi connectivity index (χ3n) is 4.25. The number of aliphatic hydroxyl groups is 1. The van der Waals surface area contributed by atoms with E-state index in [2.05, 4.69) is 4.90 Å². The molecule has 0 spiro atoms. The van der Waals surface area contributed by atoms with Gasteiger partial charge in [0.25, 0.3) is 0 Å². The number of halogens is 1. The molecule has 0 amide bonds. The maximum Gasteiger partial charge on any atom is 0.336 e. The van der Waals surface area contributed by atoms with E-state index < -0.39 is 11.7 Å². The molecule has 1 N–H and O–H groups in total. The van der Waals surface area contributed by atoms with E-state index in [-0.39, 0.29) is 19.0 Å². The van der Waals surface area contributed by atoms with E-state index in [0.717, 1.165) is 24.0 Å². The highest BCUT2D eigenvalue weighted by atomic mass is 35.5. The molecular weight excluding hydrogens is 362 g/mol. The van der Waals surface area contributed by atoms with Crippen molar-refractivity contribution in [1.82, 2.24) is 4.90 Å². The summed E-state index contributed by atoms with van der Waals surface area (Å²) in [7, 11) is 1.52. The van der Waals surface area contributed by atoms with Crippen LogP contribution in [0.15, 0.2) is 27.4 Å². The van der Waals surface area contributed by atoms with Crippen LogP contribution in [-0.4, -0.2) is 62.7 Å². The van der Waals surface area contributed by atoms with Crippen LogP contribution in [0.1, 0.15) is 5.56 Å². The normalized spacial score (nSPS) is 16.1. The summed E-state index contributed by atoms with van der Waals surface area (Å²) in [4.78, 5) is 13.9. The second-order valence-corrected chi connectivity index (χ2v) is 6.10. The first kappa shape index (κ1) is 20.5. The summed E-state index contributed by atoms with van der Waals surface area (Å²) >= 11 is 0. The minimum Gasteiger partial charge on any atom is -0.493 e. The topological polar surface area (TPSA) is 81.4 Å². The highest BCUT2D eigenvalue weighted by molar-refractivity contribution is 5.87. The lowest BCUT2D eigenvalue weighted by Gasteiger charge is -2.28. The van der Waals surface area contributed by atoms with Gasteiger partial charge in [-0.1, -0.05) is 0 Å². The predicted molar refractivity (Wildman–Crippen MR) is 99.8 cm³/mol. The van der Waals surface area contributed by atoms with Crippen molar-refractivity contribution in [2.24, 2.45) is 0 Å². The van der Waals surface area contributed by atoms with Gasteiger partial charge in [-0.25, -0.2) is 4.79 Å². The molecule has 26 heavy (non-hydrogen) atoms. The Balaban J connectivity index is 0.00000243. The number of rotatable bonds is 6. The fourth-order valence-electron chi connectivity index (χ4n) is 2.95. The van der Waals surface area contributed by atoms with Gasteiger partial charge in [0.1, 0.15) is 12.7 Å². The highest BCUT2D eigenvalue weighted by Gasteiger charge is 2.19. The van der Waals surface area contributed by atoms with Crippen molar-refractivity contribution in [3.8, 4) is 11.5 Å². The summed E-state index contributed by atoms with van der Waals surface area (Å²) in [6.45, 7) is 5.35. The van der Waals surface area contributed by atoms with Crippen molar-refractivity contribution >= 4 is 23.4 Å². The average Bonchev–Trinajstić information content (AvgIpc) is 2.60. The number of hydrogen-bond acceptors (Lipinski definition) is 7. The fourth-order valence-corrected chi connectivity index (χ4v) is 2.95. The molecule has 2 heterocycles.